The topological polar surface area (TPSA) is 107 Å². The molecule has 2 aromatic carbocycles. The van der Waals surface area contributed by atoms with Crippen LogP contribution in [0.5, 0.6) is 17.2 Å². The van der Waals surface area contributed by atoms with Gasteiger partial charge in [-0.15, -0.1) is 0 Å². The van der Waals surface area contributed by atoms with Gasteiger partial charge in [0.05, 0.1) is 12.8 Å². The lowest BCUT2D eigenvalue weighted by atomic mass is 10.1. The van der Waals surface area contributed by atoms with E-state index in [4.69, 9.17) is 9.47 Å². The predicted octanol–water partition coefficient (Wildman–Crippen LogP) is 2.55. The number of amides is 2. The Morgan fingerprint density at radius 2 is 1.91 bits per heavy atom. The maximum atomic E-state index is 13.1. The summed E-state index contributed by atoms with van der Waals surface area (Å²) in [6, 6.07) is 16.2. The van der Waals surface area contributed by atoms with Gasteiger partial charge in [0.1, 0.15) is 35.6 Å². The number of rotatable bonds is 4. The van der Waals surface area contributed by atoms with Crippen molar-refractivity contribution in [2.45, 2.75) is 6.04 Å². The van der Waals surface area contributed by atoms with Gasteiger partial charge in [-0.2, -0.15) is 0 Å². The largest absolute Gasteiger partial charge is 0.489 e. The second-order valence-electron chi connectivity index (χ2n) is 7.45. The Balaban J connectivity index is 1.48. The molecule has 0 saturated carbocycles. The molecule has 0 saturated heterocycles. The maximum absolute atomic E-state index is 13.1. The second kappa shape index (κ2) is 10.4. The van der Waals surface area contributed by atoms with E-state index in [0.717, 1.165) is 0 Å². The molecule has 35 heavy (non-hydrogen) atoms. The fraction of sp³-hybridized carbons (Fsp3) is 0.154. The fourth-order valence-electron chi connectivity index (χ4n) is 3.31. The van der Waals surface area contributed by atoms with Crippen molar-refractivity contribution in [1.82, 2.24) is 10.3 Å². The van der Waals surface area contributed by atoms with Crippen LogP contribution in [-0.2, 0) is 14.3 Å². The molecule has 3 aromatic rings. The zero-order valence-electron chi connectivity index (χ0n) is 19.0. The highest BCUT2D eigenvalue weighted by Crippen LogP contribution is 2.31. The minimum atomic E-state index is -0.954. The highest BCUT2D eigenvalue weighted by Gasteiger charge is 2.31. The molecule has 0 aliphatic carbocycles. The fourth-order valence-corrected chi connectivity index (χ4v) is 3.31. The number of anilines is 1. The Morgan fingerprint density at radius 1 is 1.11 bits per heavy atom. The Kier molecular flexibility index (Phi) is 6.93. The normalized spacial score (nSPS) is 14.4. The molecule has 176 valence electrons. The summed E-state index contributed by atoms with van der Waals surface area (Å²) in [5, 5.41) is 2.68. The molecule has 1 aliphatic heterocycles. The smallest absolute Gasteiger partial charge is 0.384 e. The van der Waals surface area contributed by atoms with Gasteiger partial charge in [-0.3, -0.25) is 14.6 Å². The monoisotopic (exact) mass is 471 g/mol. The number of likely N-dealkylation sites (N-methyl/N-ethyl adjacent to an activating group) is 1. The Morgan fingerprint density at radius 3 is 2.69 bits per heavy atom. The number of aromatic nitrogens is 1. The van der Waals surface area contributed by atoms with Crippen LogP contribution in [0, 0.1) is 11.8 Å². The average molecular weight is 471 g/mol. The third kappa shape index (κ3) is 5.57. The van der Waals surface area contributed by atoms with Crippen molar-refractivity contribution >= 4 is 23.5 Å². The molecule has 0 radical (unpaired) electrons. The van der Waals surface area contributed by atoms with E-state index in [9.17, 15) is 14.4 Å². The number of nitrogens with one attached hydrogen (secondary N) is 1. The Bertz CT molecular complexity index is 1330. The number of benzene rings is 2. The number of fused-ring (bicyclic) bond motifs is 1. The molecule has 9 heteroatoms. The molecule has 1 atom stereocenters. The van der Waals surface area contributed by atoms with Gasteiger partial charge >= 0.3 is 5.97 Å². The number of carbonyl (C=O) groups is 3. The van der Waals surface area contributed by atoms with Crippen LogP contribution in [0.1, 0.15) is 16.1 Å². The minimum Gasteiger partial charge on any atom is -0.489 e. The van der Waals surface area contributed by atoms with E-state index in [2.05, 4.69) is 26.9 Å². The number of carbonyl (C=O) groups excluding carboxylic acids is 3. The molecule has 9 nitrogen and oxygen atoms in total. The number of ether oxygens (including phenoxy) is 3. The molecule has 0 bridgehead atoms. The van der Waals surface area contributed by atoms with Crippen molar-refractivity contribution in [3.63, 3.8) is 0 Å². The number of para-hydroxylation sites is 1. The summed E-state index contributed by atoms with van der Waals surface area (Å²) >= 11 is 0. The third-order valence-corrected chi connectivity index (χ3v) is 5.10. The van der Waals surface area contributed by atoms with Gasteiger partial charge < -0.3 is 24.4 Å². The summed E-state index contributed by atoms with van der Waals surface area (Å²) in [4.78, 5) is 42.7. The van der Waals surface area contributed by atoms with Gasteiger partial charge in [-0.05, 0) is 36.4 Å². The number of pyridine rings is 1. The summed E-state index contributed by atoms with van der Waals surface area (Å²) in [5.41, 5.74) is 1.05. The van der Waals surface area contributed by atoms with Crippen molar-refractivity contribution in [1.29, 1.82) is 0 Å². The lowest BCUT2D eigenvalue weighted by Gasteiger charge is -2.20. The minimum absolute atomic E-state index is 0.0741. The van der Waals surface area contributed by atoms with Crippen LogP contribution >= 0.6 is 0 Å². The Hall–Kier alpha value is -4.84. The van der Waals surface area contributed by atoms with E-state index in [1.807, 2.05) is 18.2 Å². The number of esters is 1. The molecule has 4 rings (SSSR count). The molecule has 2 heterocycles. The van der Waals surface area contributed by atoms with Crippen LogP contribution in [0.15, 0.2) is 66.9 Å². The molecule has 1 aliphatic rings. The van der Waals surface area contributed by atoms with Crippen molar-refractivity contribution < 1.29 is 28.6 Å². The number of hydrogen-bond acceptors (Lipinski definition) is 7. The van der Waals surface area contributed by atoms with Gasteiger partial charge in [-0.25, -0.2) is 4.79 Å². The van der Waals surface area contributed by atoms with E-state index in [1.54, 1.807) is 43.4 Å². The molecular formula is C26H21N3O6. The molecule has 1 aromatic heterocycles. The first-order valence-electron chi connectivity index (χ1n) is 10.6. The van der Waals surface area contributed by atoms with E-state index >= 15 is 0 Å². The van der Waals surface area contributed by atoms with Crippen LogP contribution in [0.2, 0.25) is 0 Å². The van der Waals surface area contributed by atoms with Crippen LogP contribution in [0.25, 0.3) is 0 Å². The molecule has 0 fully saturated rings. The summed E-state index contributed by atoms with van der Waals surface area (Å²) in [5.74, 6) is 4.92. The van der Waals surface area contributed by atoms with Crippen molar-refractivity contribution in [3.05, 3.63) is 78.1 Å². The van der Waals surface area contributed by atoms with E-state index in [1.165, 1.54) is 24.3 Å². The van der Waals surface area contributed by atoms with Crippen LogP contribution in [0.4, 0.5) is 5.69 Å². The maximum Gasteiger partial charge on any atom is 0.384 e. The molecular weight excluding hydrogens is 450 g/mol. The van der Waals surface area contributed by atoms with Crippen LogP contribution in [-0.4, -0.2) is 49.6 Å². The van der Waals surface area contributed by atoms with Crippen LogP contribution in [0.3, 0.4) is 0 Å². The van der Waals surface area contributed by atoms with Crippen molar-refractivity contribution in [2.24, 2.45) is 0 Å². The Labute approximate surface area is 201 Å². The number of hydrogen-bond donors (Lipinski definition) is 1. The summed E-state index contributed by atoms with van der Waals surface area (Å²) in [6.45, 7) is -0.0741. The van der Waals surface area contributed by atoms with Crippen molar-refractivity contribution in [3.8, 4) is 29.1 Å². The average Bonchev–Trinajstić information content (AvgIpc) is 3.00. The second-order valence-corrected chi connectivity index (χ2v) is 7.45. The summed E-state index contributed by atoms with van der Waals surface area (Å²) in [6.07, 6.45) is 1.46. The van der Waals surface area contributed by atoms with E-state index in [-0.39, 0.29) is 18.2 Å². The number of nitrogens with zero attached hydrogens (tertiary/aromatic N) is 2. The van der Waals surface area contributed by atoms with Gasteiger partial charge in [-0.1, -0.05) is 24.1 Å². The lowest BCUT2D eigenvalue weighted by molar-refractivity contribution is -0.133. The quantitative estimate of drug-likeness (QED) is 0.460. The van der Waals surface area contributed by atoms with Gasteiger partial charge in [0.15, 0.2) is 0 Å². The SMILES string of the molecule is COC(=O)C#Cc1ccc2c(c1)N(C)C(=O)[C@H](NC(=O)c1cc(Oc3ccccc3)ccn1)CO2. The first kappa shape index (κ1) is 23.3. The molecule has 2 amide bonds. The van der Waals surface area contributed by atoms with Crippen molar-refractivity contribution in [2.75, 3.05) is 25.7 Å². The van der Waals surface area contributed by atoms with Gasteiger partial charge in [0.25, 0.3) is 11.8 Å². The first-order chi connectivity index (χ1) is 16.9. The highest BCUT2D eigenvalue weighted by atomic mass is 16.5. The summed E-state index contributed by atoms with van der Waals surface area (Å²) < 4.78 is 16.0. The molecule has 0 unspecified atom stereocenters. The predicted molar refractivity (Wildman–Crippen MR) is 126 cm³/mol. The zero-order chi connectivity index (χ0) is 24.8. The van der Waals surface area contributed by atoms with E-state index in [0.29, 0.717) is 28.5 Å². The third-order valence-electron chi connectivity index (χ3n) is 5.10. The van der Waals surface area contributed by atoms with Gasteiger partial charge in [0, 0.05) is 30.8 Å². The first-order valence-corrected chi connectivity index (χ1v) is 10.6. The lowest BCUT2D eigenvalue weighted by Crippen LogP contribution is -2.49. The number of methoxy groups -OCH3 is 1. The highest BCUT2D eigenvalue weighted by molar-refractivity contribution is 6.03. The van der Waals surface area contributed by atoms with Gasteiger partial charge in [0.2, 0.25) is 0 Å². The standard InChI is InChI=1S/C26H21N3O6/c1-29-22-14-17(9-11-24(30)33-2)8-10-23(22)34-16-21(26(29)32)28-25(31)20-15-19(12-13-27-20)35-18-6-4-3-5-7-18/h3-8,10,12-15,21H,16H2,1-2H3,(H,28,31)/t21-/m1/s1. The molecule has 0 spiro atoms. The van der Waals surface area contributed by atoms with Crippen LogP contribution < -0.4 is 19.7 Å². The van der Waals surface area contributed by atoms with E-state index < -0.39 is 17.9 Å². The zero-order valence-corrected chi connectivity index (χ0v) is 19.0. The summed E-state index contributed by atoms with van der Waals surface area (Å²) in [7, 11) is 2.81. The molecule has 1 N–H and O–H groups in total.